The zero-order valence-electron chi connectivity index (χ0n) is 12.2. The summed E-state index contributed by atoms with van der Waals surface area (Å²) in [6.45, 7) is 1.09. The maximum absolute atomic E-state index is 10.8. The first kappa shape index (κ1) is 14.8. The van der Waals surface area contributed by atoms with Crippen LogP contribution < -0.4 is 5.32 Å². The van der Waals surface area contributed by atoms with E-state index in [0.29, 0.717) is 24.6 Å². The van der Waals surface area contributed by atoms with E-state index in [2.05, 4.69) is 20.7 Å². The van der Waals surface area contributed by atoms with Crippen LogP contribution in [-0.2, 0) is 13.2 Å². The van der Waals surface area contributed by atoms with Gasteiger partial charge in [0.1, 0.15) is 6.67 Å². The molecule has 8 nitrogen and oxygen atoms in total. The molecule has 0 aliphatic carbocycles. The van der Waals surface area contributed by atoms with Crippen LogP contribution in [-0.4, -0.2) is 25.1 Å². The molecule has 0 saturated carbocycles. The van der Waals surface area contributed by atoms with Gasteiger partial charge >= 0.3 is 0 Å². The van der Waals surface area contributed by atoms with Crippen molar-refractivity contribution in [2.24, 2.45) is 0 Å². The first-order valence-electron chi connectivity index (χ1n) is 6.99. The molecule has 3 aromatic rings. The fourth-order valence-electron chi connectivity index (χ4n) is 2.08. The predicted octanol–water partition coefficient (Wildman–Crippen LogP) is 2.00. The van der Waals surface area contributed by atoms with Gasteiger partial charge in [-0.1, -0.05) is 42.5 Å². The molecule has 0 amide bonds. The minimum absolute atomic E-state index is 0.000975. The van der Waals surface area contributed by atoms with E-state index in [0.717, 1.165) is 5.56 Å². The largest absolute Gasteiger partial charge is 0.293 e. The van der Waals surface area contributed by atoms with Crippen molar-refractivity contribution in [3.8, 4) is 11.4 Å². The van der Waals surface area contributed by atoms with E-state index in [1.165, 1.54) is 16.9 Å². The molecule has 0 spiro atoms. The lowest BCUT2D eigenvalue weighted by Gasteiger charge is -2.03. The number of tetrazole rings is 1. The van der Waals surface area contributed by atoms with Gasteiger partial charge in [-0.05, 0) is 10.8 Å². The minimum atomic E-state index is -0.449. The third kappa shape index (κ3) is 3.74. The first-order chi connectivity index (χ1) is 11.2. The highest BCUT2D eigenvalue weighted by atomic mass is 16.6. The number of hydrogen-bond donors (Lipinski definition) is 1. The summed E-state index contributed by atoms with van der Waals surface area (Å²) >= 11 is 0. The third-order valence-electron chi connectivity index (χ3n) is 3.19. The van der Waals surface area contributed by atoms with Gasteiger partial charge in [-0.15, -0.1) is 15.0 Å². The number of nitrogens with zero attached hydrogens (tertiary/aromatic N) is 5. The Hall–Kier alpha value is -3.13. The van der Waals surface area contributed by atoms with Crippen molar-refractivity contribution in [1.29, 1.82) is 0 Å². The van der Waals surface area contributed by atoms with Crippen LogP contribution in [0.5, 0.6) is 0 Å². The zero-order valence-corrected chi connectivity index (χ0v) is 12.2. The Kier molecular flexibility index (Phi) is 4.34. The molecule has 1 N–H and O–H groups in total. The van der Waals surface area contributed by atoms with Crippen molar-refractivity contribution in [2.75, 3.05) is 0 Å². The molecule has 23 heavy (non-hydrogen) atoms. The molecule has 0 saturated heterocycles. The van der Waals surface area contributed by atoms with Gasteiger partial charge in [-0.3, -0.25) is 15.4 Å². The molecule has 116 valence electrons. The Labute approximate surface area is 131 Å². The van der Waals surface area contributed by atoms with Crippen molar-refractivity contribution in [3.05, 3.63) is 70.3 Å². The van der Waals surface area contributed by atoms with Crippen LogP contribution in [0.2, 0.25) is 0 Å². The fourth-order valence-corrected chi connectivity index (χ4v) is 2.08. The number of hydrogen-bond acceptors (Lipinski definition) is 6. The van der Waals surface area contributed by atoms with Crippen molar-refractivity contribution in [2.45, 2.75) is 13.2 Å². The van der Waals surface area contributed by atoms with Crippen molar-refractivity contribution in [1.82, 2.24) is 25.5 Å². The van der Waals surface area contributed by atoms with Crippen LogP contribution in [0, 0.1) is 10.1 Å². The average molecular weight is 310 g/mol. The maximum Gasteiger partial charge on any atom is 0.270 e. The second-order valence-electron chi connectivity index (χ2n) is 4.86. The quantitative estimate of drug-likeness (QED) is 0.552. The van der Waals surface area contributed by atoms with Crippen molar-refractivity contribution >= 4 is 5.69 Å². The summed E-state index contributed by atoms with van der Waals surface area (Å²) in [4.78, 5) is 11.8. The Morgan fingerprint density at radius 3 is 2.74 bits per heavy atom. The molecular formula is C15H14N6O2. The van der Waals surface area contributed by atoms with Crippen LogP contribution in [0.15, 0.2) is 54.6 Å². The molecule has 0 unspecified atom stereocenters. The lowest BCUT2D eigenvalue weighted by molar-refractivity contribution is -0.384. The predicted molar refractivity (Wildman–Crippen MR) is 83.2 cm³/mol. The second-order valence-corrected chi connectivity index (χ2v) is 4.86. The molecule has 0 radical (unpaired) electrons. The molecule has 0 aliphatic rings. The van der Waals surface area contributed by atoms with E-state index in [4.69, 9.17) is 0 Å². The van der Waals surface area contributed by atoms with Gasteiger partial charge in [0.15, 0.2) is 0 Å². The Morgan fingerprint density at radius 1 is 1.13 bits per heavy atom. The number of aromatic nitrogens is 4. The lowest BCUT2D eigenvalue weighted by atomic mass is 10.2. The molecule has 1 heterocycles. The highest BCUT2D eigenvalue weighted by Crippen LogP contribution is 2.19. The summed E-state index contributed by atoms with van der Waals surface area (Å²) in [7, 11) is 0. The minimum Gasteiger partial charge on any atom is -0.293 e. The first-order valence-corrected chi connectivity index (χ1v) is 6.99. The number of non-ortho nitro benzene ring substituents is 1. The molecule has 0 bridgehead atoms. The van der Waals surface area contributed by atoms with Gasteiger partial charge in [-0.2, -0.15) is 0 Å². The number of nitro groups is 1. The lowest BCUT2D eigenvalue weighted by Crippen LogP contribution is -2.20. The van der Waals surface area contributed by atoms with Crippen molar-refractivity contribution in [3.63, 3.8) is 0 Å². The SMILES string of the molecule is O=[N+]([O-])c1cccc(-c2nnn(CNCc3ccccc3)n2)c1. The summed E-state index contributed by atoms with van der Waals surface area (Å²) in [6.07, 6.45) is 0. The standard InChI is InChI=1S/C15H14N6O2/c22-21(23)14-8-4-7-13(9-14)15-17-19-20(18-15)11-16-10-12-5-2-1-3-6-12/h1-9,16H,10-11H2. The highest BCUT2D eigenvalue weighted by molar-refractivity contribution is 5.58. The molecular weight excluding hydrogens is 296 g/mol. The molecule has 8 heteroatoms. The molecule has 0 atom stereocenters. The van der Waals surface area contributed by atoms with E-state index in [-0.39, 0.29) is 5.69 Å². The van der Waals surface area contributed by atoms with E-state index in [1.54, 1.807) is 12.1 Å². The van der Waals surface area contributed by atoms with Crippen LogP contribution in [0.3, 0.4) is 0 Å². The summed E-state index contributed by atoms with van der Waals surface area (Å²) in [5, 5.41) is 26.1. The zero-order chi connectivity index (χ0) is 16.1. The number of benzene rings is 2. The molecule has 2 aromatic carbocycles. The number of nitrogens with one attached hydrogen (secondary N) is 1. The fraction of sp³-hybridized carbons (Fsp3) is 0.133. The second kappa shape index (κ2) is 6.75. The normalized spacial score (nSPS) is 10.6. The Morgan fingerprint density at radius 2 is 1.96 bits per heavy atom. The summed E-state index contributed by atoms with van der Waals surface area (Å²) in [6, 6.07) is 16.1. The summed E-state index contributed by atoms with van der Waals surface area (Å²) in [5.74, 6) is 0.357. The van der Waals surface area contributed by atoms with Gasteiger partial charge in [0, 0.05) is 24.2 Å². The van der Waals surface area contributed by atoms with Gasteiger partial charge in [-0.25, -0.2) is 0 Å². The average Bonchev–Trinajstić information content (AvgIpc) is 3.05. The Balaban J connectivity index is 1.64. The van der Waals surface area contributed by atoms with Crippen LogP contribution in [0.25, 0.3) is 11.4 Å². The van der Waals surface area contributed by atoms with Crippen LogP contribution in [0.1, 0.15) is 5.56 Å². The van der Waals surface area contributed by atoms with Gasteiger partial charge in [0.2, 0.25) is 5.82 Å². The third-order valence-corrected chi connectivity index (χ3v) is 3.19. The Bertz CT molecular complexity index is 802. The molecule has 3 rings (SSSR count). The summed E-state index contributed by atoms with van der Waals surface area (Å²) < 4.78 is 0. The van der Waals surface area contributed by atoms with E-state index in [1.807, 2.05) is 30.3 Å². The van der Waals surface area contributed by atoms with Crippen LogP contribution in [0.4, 0.5) is 5.69 Å². The van der Waals surface area contributed by atoms with E-state index in [9.17, 15) is 10.1 Å². The molecule has 1 aromatic heterocycles. The molecule has 0 aliphatic heterocycles. The number of rotatable bonds is 6. The van der Waals surface area contributed by atoms with Gasteiger partial charge in [0.05, 0.1) is 4.92 Å². The van der Waals surface area contributed by atoms with Crippen molar-refractivity contribution < 1.29 is 4.92 Å². The maximum atomic E-state index is 10.8. The van der Waals surface area contributed by atoms with Gasteiger partial charge < -0.3 is 0 Å². The molecule has 0 fully saturated rings. The topological polar surface area (TPSA) is 98.8 Å². The summed E-state index contributed by atoms with van der Waals surface area (Å²) in [5.41, 5.74) is 1.72. The smallest absolute Gasteiger partial charge is 0.270 e. The monoisotopic (exact) mass is 310 g/mol. The highest BCUT2D eigenvalue weighted by Gasteiger charge is 2.11. The number of nitro benzene ring substituents is 1. The van der Waals surface area contributed by atoms with E-state index < -0.39 is 4.92 Å². The van der Waals surface area contributed by atoms with E-state index >= 15 is 0 Å². The van der Waals surface area contributed by atoms with Crippen LogP contribution >= 0.6 is 0 Å². The van der Waals surface area contributed by atoms with Gasteiger partial charge in [0.25, 0.3) is 5.69 Å².